The van der Waals surface area contributed by atoms with Gasteiger partial charge in [0.1, 0.15) is 6.10 Å². The normalized spacial score (nSPS) is 20.9. The second-order valence-electron chi connectivity index (χ2n) is 3.54. The molecule has 0 aromatic carbocycles. The lowest BCUT2D eigenvalue weighted by atomic mass is 10.1. The highest BCUT2D eigenvalue weighted by Crippen LogP contribution is 2.26. The number of aromatic amines is 1. The van der Waals surface area contributed by atoms with E-state index in [4.69, 9.17) is 9.84 Å². The highest BCUT2D eigenvalue weighted by molar-refractivity contribution is 7.99. The molecule has 2 rings (SSSR count). The topological polar surface area (TPSA) is 88.1 Å². The maximum absolute atomic E-state index is 10.4. The third-order valence-electron chi connectivity index (χ3n) is 2.29. The Labute approximate surface area is 96.8 Å². The number of hydrogen-bond acceptors (Lipinski definition) is 5. The highest BCUT2D eigenvalue weighted by atomic mass is 32.2. The molecule has 0 spiro atoms. The molecule has 1 aliphatic rings. The second kappa shape index (κ2) is 5.31. The molecular formula is C9H13N3O3S. The zero-order valence-corrected chi connectivity index (χ0v) is 9.50. The van der Waals surface area contributed by atoms with Crippen molar-refractivity contribution in [2.75, 3.05) is 12.4 Å². The van der Waals surface area contributed by atoms with Crippen LogP contribution >= 0.6 is 11.8 Å². The third kappa shape index (κ3) is 2.96. The number of carboxylic acids is 1. The van der Waals surface area contributed by atoms with E-state index in [9.17, 15) is 4.79 Å². The number of aromatic nitrogens is 3. The Morgan fingerprint density at radius 3 is 3.19 bits per heavy atom. The van der Waals surface area contributed by atoms with E-state index < -0.39 is 5.97 Å². The van der Waals surface area contributed by atoms with Gasteiger partial charge in [-0.05, 0) is 19.3 Å². The Balaban J connectivity index is 1.93. The fourth-order valence-corrected chi connectivity index (χ4v) is 2.08. The first-order chi connectivity index (χ1) is 7.75. The number of rotatable bonds is 4. The average Bonchev–Trinajstić information content (AvgIpc) is 2.76. The number of H-pyrrole nitrogens is 1. The summed E-state index contributed by atoms with van der Waals surface area (Å²) in [7, 11) is 0. The van der Waals surface area contributed by atoms with Gasteiger partial charge in [0.2, 0.25) is 5.16 Å². The summed E-state index contributed by atoms with van der Waals surface area (Å²) in [4.78, 5) is 14.6. The van der Waals surface area contributed by atoms with Crippen molar-refractivity contribution in [1.82, 2.24) is 15.2 Å². The van der Waals surface area contributed by atoms with Crippen LogP contribution in [0, 0.1) is 0 Å². The van der Waals surface area contributed by atoms with Gasteiger partial charge in [0.25, 0.3) is 0 Å². The fourth-order valence-electron chi connectivity index (χ4n) is 1.55. The van der Waals surface area contributed by atoms with E-state index in [1.807, 2.05) is 0 Å². The summed E-state index contributed by atoms with van der Waals surface area (Å²) in [5, 5.41) is 15.7. The largest absolute Gasteiger partial charge is 0.481 e. The van der Waals surface area contributed by atoms with Crippen molar-refractivity contribution < 1.29 is 14.6 Å². The fraction of sp³-hybridized carbons (Fsp3) is 0.667. The van der Waals surface area contributed by atoms with Gasteiger partial charge in [-0.1, -0.05) is 11.8 Å². The van der Waals surface area contributed by atoms with E-state index in [2.05, 4.69) is 15.2 Å². The van der Waals surface area contributed by atoms with Crippen LogP contribution in [-0.2, 0) is 9.53 Å². The molecule has 1 fully saturated rings. The molecule has 1 aliphatic heterocycles. The molecule has 0 radical (unpaired) electrons. The van der Waals surface area contributed by atoms with Crippen molar-refractivity contribution in [3.05, 3.63) is 5.82 Å². The highest BCUT2D eigenvalue weighted by Gasteiger charge is 2.20. The third-order valence-corrected chi connectivity index (χ3v) is 3.12. The van der Waals surface area contributed by atoms with Crippen molar-refractivity contribution >= 4 is 17.7 Å². The van der Waals surface area contributed by atoms with Crippen LogP contribution in [0.25, 0.3) is 0 Å². The lowest BCUT2D eigenvalue weighted by molar-refractivity contribution is -0.133. The number of carboxylic acid groups (broad SMARTS) is 1. The first-order valence-corrected chi connectivity index (χ1v) is 6.13. The van der Waals surface area contributed by atoms with Crippen LogP contribution < -0.4 is 0 Å². The Morgan fingerprint density at radius 1 is 1.62 bits per heavy atom. The van der Waals surface area contributed by atoms with Crippen molar-refractivity contribution in [3.63, 3.8) is 0 Å². The average molecular weight is 243 g/mol. The Kier molecular flexibility index (Phi) is 3.79. The molecule has 1 atom stereocenters. The molecule has 7 heteroatoms. The molecule has 1 saturated heterocycles. The van der Waals surface area contributed by atoms with Crippen LogP contribution in [0.15, 0.2) is 5.16 Å². The van der Waals surface area contributed by atoms with Gasteiger partial charge in [-0.25, -0.2) is 4.98 Å². The summed E-state index contributed by atoms with van der Waals surface area (Å²) in [6, 6.07) is 0. The van der Waals surface area contributed by atoms with Crippen LogP contribution in [0.3, 0.4) is 0 Å². The smallest absolute Gasteiger partial charge is 0.313 e. The molecule has 16 heavy (non-hydrogen) atoms. The van der Waals surface area contributed by atoms with Gasteiger partial charge in [-0.3, -0.25) is 9.89 Å². The zero-order valence-electron chi connectivity index (χ0n) is 8.68. The Hall–Kier alpha value is -1.08. The summed E-state index contributed by atoms with van der Waals surface area (Å²) in [5.74, 6) is -0.194. The van der Waals surface area contributed by atoms with Crippen molar-refractivity contribution in [2.24, 2.45) is 0 Å². The molecule has 2 heterocycles. The number of thioether (sulfide) groups is 1. The predicted molar refractivity (Wildman–Crippen MR) is 57.3 cm³/mol. The van der Waals surface area contributed by atoms with Crippen LogP contribution in [0.1, 0.15) is 31.2 Å². The summed E-state index contributed by atoms with van der Waals surface area (Å²) in [6.07, 6.45) is 3.15. The molecule has 6 nitrogen and oxygen atoms in total. The molecule has 0 bridgehead atoms. The van der Waals surface area contributed by atoms with Crippen LogP contribution in [0.5, 0.6) is 0 Å². The van der Waals surface area contributed by atoms with Gasteiger partial charge in [0.05, 0.1) is 5.75 Å². The maximum Gasteiger partial charge on any atom is 0.313 e. The predicted octanol–water partition coefficient (Wildman–Crippen LogP) is 1.22. The van der Waals surface area contributed by atoms with Crippen molar-refractivity contribution in [3.8, 4) is 0 Å². The molecule has 88 valence electrons. The maximum atomic E-state index is 10.4. The number of ether oxygens (including phenoxy) is 1. The molecule has 1 aromatic heterocycles. The second-order valence-corrected chi connectivity index (χ2v) is 4.48. The number of nitrogens with zero attached hydrogens (tertiary/aromatic N) is 2. The molecule has 1 unspecified atom stereocenters. The van der Waals surface area contributed by atoms with Gasteiger partial charge in [-0.15, -0.1) is 5.10 Å². The SMILES string of the molecule is O=C(O)CSc1n[nH]c(C2CCCCO2)n1. The minimum atomic E-state index is -0.870. The van der Waals surface area contributed by atoms with Gasteiger partial charge in [0.15, 0.2) is 5.82 Å². The molecule has 0 saturated carbocycles. The monoisotopic (exact) mass is 243 g/mol. The van der Waals surface area contributed by atoms with Crippen LogP contribution in [0.2, 0.25) is 0 Å². The van der Waals surface area contributed by atoms with Crippen molar-refractivity contribution in [2.45, 2.75) is 30.5 Å². The van der Waals surface area contributed by atoms with E-state index in [0.717, 1.165) is 37.6 Å². The molecule has 1 aromatic rings. The van der Waals surface area contributed by atoms with Crippen molar-refractivity contribution in [1.29, 1.82) is 0 Å². The number of aliphatic carboxylic acids is 1. The lowest BCUT2D eigenvalue weighted by Gasteiger charge is -2.19. The lowest BCUT2D eigenvalue weighted by Crippen LogP contribution is -2.12. The number of hydrogen-bond donors (Lipinski definition) is 2. The number of carbonyl (C=O) groups is 1. The van der Waals surface area contributed by atoms with Gasteiger partial charge >= 0.3 is 5.97 Å². The van der Waals surface area contributed by atoms with Gasteiger partial charge in [0, 0.05) is 6.61 Å². The van der Waals surface area contributed by atoms with Gasteiger partial charge in [-0.2, -0.15) is 0 Å². The minimum Gasteiger partial charge on any atom is -0.481 e. The molecule has 2 N–H and O–H groups in total. The van der Waals surface area contributed by atoms with Crippen LogP contribution in [-0.4, -0.2) is 38.6 Å². The summed E-state index contributed by atoms with van der Waals surface area (Å²) >= 11 is 1.10. The molecular weight excluding hydrogens is 230 g/mol. The van der Waals surface area contributed by atoms with Gasteiger partial charge < -0.3 is 9.84 Å². The summed E-state index contributed by atoms with van der Waals surface area (Å²) in [5.41, 5.74) is 0. The minimum absolute atomic E-state index is 0.0135. The quantitative estimate of drug-likeness (QED) is 0.773. The first-order valence-electron chi connectivity index (χ1n) is 5.14. The van der Waals surface area contributed by atoms with E-state index in [1.165, 1.54) is 0 Å². The molecule has 0 amide bonds. The van der Waals surface area contributed by atoms with E-state index in [1.54, 1.807) is 0 Å². The first kappa shape index (κ1) is 11.4. The van der Waals surface area contributed by atoms with Crippen LogP contribution in [0.4, 0.5) is 0 Å². The van der Waals surface area contributed by atoms with E-state index >= 15 is 0 Å². The number of nitrogens with one attached hydrogen (secondary N) is 1. The summed E-state index contributed by atoms with van der Waals surface area (Å²) in [6.45, 7) is 0.753. The zero-order chi connectivity index (χ0) is 11.4. The Bertz CT molecular complexity index is 363. The Morgan fingerprint density at radius 2 is 2.50 bits per heavy atom. The standard InChI is InChI=1S/C9H13N3O3S/c13-7(14)5-16-9-10-8(11-12-9)6-3-1-2-4-15-6/h6H,1-5H2,(H,13,14)(H,10,11,12). The molecule has 0 aliphatic carbocycles. The van der Waals surface area contributed by atoms with E-state index in [0.29, 0.717) is 11.0 Å². The summed E-state index contributed by atoms with van der Waals surface area (Å²) < 4.78 is 5.54. The van der Waals surface area contributed by atoms with E-state index in [-0.39, 0.29) is 11.9 Å².